The van der Waals surface area contributed by atoms with Gasteiger partial charge >= 0.3 is 0 Å². The van der Waals surface area contributed by atoms with Crippen molar-refractivity contribution >= 4 is 0 Å². The Bertz CT molecular complexity index is 203. The zero-order valence-electron chi connectivity index (χ0n) is 9.45. The van der Waals surface area contributed by atoms with Crippen molar-refractivity contribution in [2.75, 3.05) is 19.6 Å². The minimum Gasteiger partial charge on any atom is -0.378 e. The summed E-state index contributed by atoms with van der Waals surface area (Å²) in [5, 5.41) is 13.4. The van der Waals surface area contributed by atoms with E-state index in [0.717, 1.165) is 25.2 Å². The third-order valence-electron chi connectivity index (χ3n) is 2.79. The topological polar surface area (TPSA) is 35.5 Å². The van der Waals surface area contributed by atoms with Gasteiger partial charge in [0.1, 0.15) is 6.23 Å². The molecule has 1 saturated heterocycles. The number of aliphatic hydroxyl groups excluding tert-OH is 1. The van der Waals surface area contributed by atoms with Crippen molar-refractivity contribution in [3.8, 4) is 0 Å². The molecular formula is C11H22N2O. The number of hydrogen-bond acceptors (Lipinski definition) is 3. The molecule has 0 aliphatic carbocycles. The molecule has 3 nitrogen and oxygen atoms in total. The van der Waals surface area contributed by atoms with Crippen molar-refractivity contribution in [3.05, 3.63) is 12.2 Å². The lowest BCUT2D eigenvalue weighted by Crippen LogP contribution is -2.56. The zero-order valence-corrected chi connectivity index (χ0v) is 9.45. The van der Waals surface area contributed by atoms with E-state index in [1.807, 2.05) is 20.8 Å². The molecular weight excluding hydrogens is 176 g/mol. The van der Waals surface area contributed by atoms with Crippen molar-refractivity contribution < 1.29 is 5.11 Å². The fourth-order valence-corrected chi connectivity index (χ4v) is 1.88. The van der Waals surface area contributed by atoms with Crippen LogP contribution in [0.25, 0.3) is 0 Å². The number of aliphatic hydroxyl groups is 1. The molecule has 1 heterocycles. The van der Waals surface area contributed by atoms with Crippen molar-refractivity contribution in [2.24, 2.45) is 5.92 Å². The van der Waals surface area contributed by atoms with E-state index in [2.05, 4.69) is 16.8 Å². The lowest BCUT2D eigenvalue weighted by molar-refractivity contribution is -0.0544. The van der Waals surface area contributed by atoms with Crippen LogP contribution in [0.5, 0.6) is 0 Å². The van der Waals surface area contributed by atoms with E-state index in [9.17, 15) is 5.11 Å². The molecule has 1 unspecified atom stereocenters. The molecule has 2 atom stereocenters. The van der Waals surface area contributed by atoms with Crippen LogP contribution in [0.4, 0.5) is 0 Å². The van der Waals surface area contributed by atoms with Crippen LogP contribution in [0.15, 0.2) is 12.2 Å². The molecule has 0 saturated carbocycles. The molecule has 3 heteroatoms. The first kappa shape index (κ1) is 11.7. The number of rotatable bonds is 3. The van der Waals surface area contributed by atoms with E-state index < -0.39 is 0 Å². The lowest BCUT2D eigenvalue weighted by atomic mass is 10.0. The Morgan fingerprint density at radius 2 is 2.21 bits per heavy atom. The number of piperazine rings is 1. The predicted octanol–water partition coefficient (Wildman–Crippen LogP) is 0.811. The largest absolute Gasteiger partial charge is 0.378 e. The minimum absolute atomic E-state index is 0.273. The van der Waals surface area contributed by atoms with Crippen LogP contribution in [0.3, 0.4) is 0 Å². The smallest absolute Gasteiger partial charge is 0.110 e. The normalized spacial score (nSPS) is 26.5. The summed E-state index contributed by atoms with van der Waals surface area (Å²) in [6.07, 6.45) is -0.348. The summed E-state index contributed by atoms with van der Waals surface area (Å²) in [4.78, 5) is 2.14. The number of nitrogens with zero attached hydrogens (tertiary/aromatic N) is 1. The second-order valence-corrected chi connectivity index (χ2v) is 4.46. The SMILES string of the molecule is C=C(C)[C@@H]1CNCCN1C(O)C(C)C. The maximum atomic E-state index is 10.0. The molecule has 0 bridgehead atoms. The maximum absolute atomic E-state index is 10.0. The fraction of sp³-hybridized carbons (Fsp3) is 0.818. The van der Waals surface area contributed by atoms with Gasteiger partial charge in [-0.3, -0.25) is 4.90 Å². The van der Waals surface area contributed by atoms with Crippen molar-refractivity contribution in [2.45, 2.75) is 33.0 Å². The Kier molecular flexibility index (Phi) is 4.11. The summed E-state index contributed by atoms with van der Waals surface area (Å²) in [7, 11) is 0. The summed E-state index contributed by atoms with van der Waals surface area (Å²) < 4.78 is 0. The standard InChI is InChI=1S/C11H22N2O/c1-8(2)10-7-12-5-6-13(10)11(14)9(3)4/h9-12,14H,1,5-7H2,2-4H3/t10-,11?/m0/s1. The molecule has 0 aromatic heterocycles. The van der Waals surface area contributed by atoms with Gasteiger partial charge in [-0.2, -0.15) is 0 Å². The molecule has 0 spiro atoms. The highest BCUT2D eigenvalue weighted by Gasteiger charge is 2.29. The number of hydrogen-bond donors (Lipinski definition) is 2. The zero-order chi connectivity index (χ0) is 10.7. The summed E-state index contributed by atoms with van der Waals surface area (Å²) >= 11 is 0. The first-order chi connectivity index (χ1) is 6.54. The van der Waals surface area contributed by atoms with Crippen LogP contribution in [-0.2, 0) is 0 Å². The highest BCUT2D eigenvalue weighted by Crippen LogP contribution is 2.17. The molecule has 1 aliphatic heterocycles. The summed E-state index contributed by atoms with van der Waals surface area (Å²) in [6, 6.07) is 0.279. The Morgan fingerprint density at radius 3 is 2.71 bits per heavy atom. The molecule has 1 fully saturated rings. The molecule has 2 N–H and O–H groups in total. The molecule has 82 valence electrons. The Labute approximate surface area is 86.8 Å². The van der Waals surface area contributed by atoms with Crippen LogP contribution in [0, 0.1) is 5.92 Å². The van der Waals surface area contributed by atoms with Crippen LogP contribution >= 0.6 is 0 Å². The van der Waals surface area contributed by atoms with Gasteiger partial charge in [-0.15, -0.1) is 0 Å². The highest BCUT2D eigenvalue weighted by molar-refractivity contribution is 5.05. The van der Waals surface area contributed by atoms with Gasteiger partial charge in [-0.05, 0) is 12.8 Å². The second kappa shape index (κ2) is 4.91. The quantitative estimate of drug-likeness (QED) is 0.659. The van der Waals surface area contributed by atoms with Crippen molar-refractivity contribution in [1.29, 1.82) is 0 Å². The average Bonchev–Trinajstić information content (AvgIpc) is 2.16. The molecule has 0 aromatic carbocycles. The lowest BCUT2D eigenvalue weighted by Gasteiger charge is -2.41. The summed E-state index contributed by atoms with van der Waals surface area (Å²) in [5.41, 5.74) is 1.12. The summed E-state index contributed by atoms with van der Waals surface area (Å²) in [6.45, 7) is 12.8. The van der Waals surface area contributed by atoms with Gasteiger partial charge in [0.05, 0.1) is 0 Å². The van der Waals surface area contributed by atoms with Crippen molar-refractivity contribution in [1.82, 2.24) is 10.2 Å². The molecule has 14 heavy (non-hydrogen) atoms. The Morgan fingerprint density at radius 1 is 1.57 bits per heavy atom. The molecule has 0 amide bonds. The second-order valence-electron chi connectivity index (χ2n) is 4.46. The highest BCUT2D eigenvalue weighted by atomic mass is 16.3. The van der Waals surface area contributed by atoms with Gasteiger partial charge < -0.3 is 10.4 Å². The Hall–Kier alpha value is -0.380. The molecule has 1 rings (SSSR count). The fourth-order valence-electron chi connectivity index (χ4n) is 1.88. The molecule has 1 aliphatic rings. The maximum Gasteiger partial charge on any atom is 0.110 e. The van der Waals surface area contributed by atoms with Gasteiger partial charge in [-0.1, -0.05) is 26.0 Å². The first-order valence-electron chi connectivity index (χ1n) is 5.34. The van der Waals surface area contributed by atoms with Gasteiger partial charge in [0, 0.05) is 25.7 Å². The monoisotopic (exact) mass is 198 g/mol. The summed E-state index contributed by atoms with van der Waals surface area (Å²) in [5.74, 6) is 0.273. The van der Waals surface area contributed by atoms with Gasteiger partial charge in [0.15, 0.2) is 0 Å². The minimum atomic E-state index is -0.348. The van der Waals surface area contributed by atoms with E-state index in [1.54, 1.807) is 0 Å². The van der Waals surface area contributed by atoms with Gasteiger partial charge in [0.25, 0.3) is 0 Å². The predicted molar refractivity (Wildman–Crippen MR) is 59.0 cm³/mol. The van der Waals surface area contributed by atoms with Crippen LogP contribution in [0.2, 0.25) is 0 Å². The van der Waals surface area contributed by atoms with Crippen LogP contribution in [-0.4, -0.2) is 41.9 Å². The first-order valence-corrected chi connectivity index (χ1v) is 5.34. The average molecular weight is 198 g/mol. The molecule has 0 aromatic rings. The third kappa shape index (κ3) is 2.56. The van der Waals surface area contributed by atoms with E-state index in [1.165, 1.54) is 0 Å². The van der Waals surface area contributed by atoms with Gasteiger partial charge in [0.2, 0.25) is 0 Å². The van der Waals surface area contributed by atoms with Crippen molar-refractivity contribution in [3.63, 3.8) is 0 Å². The van der Waals surface area contributed by atoms with Crippen LogP contribution < -0.4 is 5.32 Å². The third-order valence-corrected chi connectivity index (χ3v) is 2.79. The van der Waals surface area contributed by atoms with E-state index in [0.29, 0.717) is 0 Å². The molecule has 0 radical (unpaired) electrons. The van der Waals surface area contributed by atoms with Gasteiger partial charge in [-0.25, -0.2) is 0 Å². The van der Waals surface area contributed by atoms with E-state index in [4.69, 9.17) is 0 Å². The Balaban J connectivity index is 2.67. The number of nitrogens with one attached hydrogen (secondary N) is 1. The van der Waals surface area contributed by atoms with E-state index >= 15 is 0 Å². The van der Waals surface area contributed by atoms with Crippen LogP contribution in [0.1, 0.15) is 20.8 Å². The van der Waals surface area contributed by atoms with E-state index in [-0.39, 0.29) is 18.2 Å².